The van der Waals surface area contributed by atoms with E-state index in [1.54, 1.807) is 0 Å². The molecule has 1 fully saturated rings. The Hall–Kier alpha value is -1.47. The van der Waals surface area contributed by atoms with Crippen LogP contribution in [0, 0.1) is 6.92 Å². The van der Waals surface area contributed by atoms with E-state index in [-0.39, 0.29) is 0 Å². The first-order chi connectivity index (χ1) is 10.8. The van der Waals surface area contributed by atoms with Gasteiger partial charge in [0.25, 0.3) is 0 Å². The van der Waals surface area contributed by atoms with Crippen LogP contribution in [0.3, 0.4) is 0 Å². The van der Waals surface area contributed by atoms with E-state index in [1.165, 1.54) is 35.3 Å². The number of hydrogen-bond donors (Lipinski definition) is 0. The molecule has 118 valence electrons. The molecule has 0 saturated heterocycles. The van der Waals surface area contributed by atoms with Crippen molar-refractivity contribution in [2.45, 2.75) is 50.2 Å². The third-order valence-corrected chi connectivity index (χ3v) is 4.78. The molecule has 1 aliphatic carbocycles. The highest BCUT2D eigenvalue weighted by Crippen LogP contribution is 2.37. The molecule has 0 radical (unpaired) electrons. The Balaban J connectivity index is 0.000000228. The summed E-state index contributed by atoms with van der Waals surface area (Å²) in [6.07, 6.45) is 3.85. The number of rotatable bonds is 2. The molecule has 1 atom stereocenters. The van der Waals surface area contributed by atoms with E-state index >= 15 is 0 Å². The third-order valence-electron chi connectivity index (χ3n) is 3.38. The van der Waals surface area contributed by atoms with Gasteiger partial charge in [-0.1, -0.05) is 80.1 Å². The minimum absolute atomic E-state index is 0.669. The lowest BCUT2D eigenvalue weighted by molar-refractivity contribution is 0.893. The molecule has 3 rings (SSSR count). The molecule has 1 saturated carbocycles. The average Bonchev–Trinajstić information content (AvgIpc) is 2.97. The summed E-state index contributed by atoms with van der Waals surface area (Å²) in [6.45, 7) is 10.2. The topological polar surface area (TPSA) is 0 Å². The fourth-order valence-electron chi connectivity index (χ4n) is 2.22. The van der Waals surface area contributed by atoms with Crippen LogP contribution in [0.15, 0.2) is 77.7 Å². The second-order valence-electron chi connectivity index (χ2n) is 5.12. The molecular weight excluding hydrogens is 284 g/mol. The van der Waals surface area contributed by atoms with E-state index in [1.807, 2.05) is 43.8 Å². The van der Waals surface area contributed by atoms with Crippen molar-refractivity contribution in [1.82, 2.24) is 0 Å². The van der Waals surface area contributed by atoms with Crippen LogP contribution >= 0.6 is 11.8 Å². The van der Waals surface area contributed by atoms with E-state index in [2.05, 4.69) is 56.0 Å². The number of benzene rings is 2. The van der Waals surface area contributed by atoms with Crippen molar-refractivity contribution in [3.63, 3.8) is 0 Å². The van der Waals surface area contributed by atoms with Crippen LogP contribution < -0.4 is 0 Å². The molecule has 1 unspecified atom stereocenters. The predicted octanol–water partition coefficient (Wildman–Crippen LogP) is 6.91. The number of thioether (sulfide) groups is 1. The highest BCUT2D eigenvalue weighted by Gasteiger charge is 2.19. The monoisotopic (exact) mass is 312 g/mol. The Morgan fingerprint density at radius 2 is 1.45 bits per heavy atom. The SMILES string of the molecule is C=C1CCCC1Sc1ccccc1.CC.Cc1ccccc1. The summed E-state index contributed by atoms with van der Waals surface area (Å²) in [5, 5.41) is 0.669. The summed E-state index contributed by atoms with van der Waals surface area (Å²) < 4.78 is 0. The molecule has 0 N–H and O–H groups in total. The van der Waals surface area contributed by atoms with Gasteiger partial charge < -0.3 is 0 Å². The van der Waals surface area contributed by atoms with Crippen LogP contribution in [0.5, 0.6) is 0 Å². The van der Waals surface area contributed by atoms with Gasteiger partial charge in [0.1, 0.15) is 0 Å². The predicted molar refractivity (Wildman–Crippen MR) is 102 cm³/mol. The number of hydrogen-bond acceptors (Lipinski definition) is 1. The molecule has 0 heterocycles. The molecule has 1 heteroatoms. The number of aryl methyl sites for hydroxylation is 1. The maximum atomic E-state index is 4.11. The first-order valence-corrected chi connectivity index (χ1v) is 9.04. The van der Waals surface area contributed by atoms with Crippen LogP contribution in [0.1, 0.15) is 38.7 Å². The molecule has 1 aliphatic rings. The molecular formula is C21H28S. The van der Waals surface area contributed by atoms with Gasteiger partial charge in [-0.2, -0.15) is 0 Å². The maximum absolute atomic E-state index is 4.11. The zero-order valence-corrected chi connectivity index (χ0v) is 14.9. The summed E-state index contributed by atoms with van der Waals surface area (Å²) in [4.78, 5) is 1.37. The zero-order chi connectivity index (χ0) is 16.2. The average molecular weight is 313 g/mol. The van der Waals surface area contributed by atoms with Gasteiger partial charge in [-0.25, -0.2) is 0 Å². The Labute approximate surface area is 140 Å². The fourth-order valence-corrected chi connectivity index (χ4v) is 3.43. The maximum Gasteiger partial charge on any atom is 0.0301 e. The lowest BCUT2D eigenvalue weighted by Gasteiger charge is -2.09. The van der Waals surface area contributed by atoms with Crippen molar-refractivity contribution in [2.24, 2.45) is 0 Å². The molecule has 22 heavy (non-hydrogen) atoms. The molecule has 0 aromatic heterocycles. The minimum Gasteiger partial charge on any atom is -0.118 e. The Morgan fingerprint density at radius 1 is 0.909 bits per heavy atom. The Kier molecular flexibility index (Phi) is 9.41. The first kappa shape index (κ1) is 18.6. The van der Waals surface area contributed by atoms with Gasteiger partial charge in [0.2, 0.25) is 0 Å². The highest BCUT2D eigenvalue weighted by molar-refractivity contribution is 8.00. The lowest BCUT2D eigenvalue weighted by atomic mass is 10.2. The Bertz CT molecular complexity index is 516. The van der Waals surface area contributed by atoms with E-state index < -0.39 is 0 Å². The molecule has 2 aromatic rings. The van der Waals surface area contributed by atoms with Crippen molar-refractivity contribution in [2.75, 3.05) is 0 Å². The largest absolute Gasteiger partial charge is 0.118 e. The van der Waals surface area contributed by atoms with E-state index in [4.69, 9.17) is 0 Å². The standard InChI is InChI=1S/C12H14S.C7H8.C2H6/c1-10-6-5-9-12(10)13-11-7-3-2-4-8-11;1-7-5-3-2-4-6-7;1-2/h2-4,7-8,12H,1,5-6,9H2;2-6H,1H3;1-2H3. The van der Waals surface area contributed by atoms with Gasteiger partial charge in [-0.05, 0) is 38.3 Å². The fraction of sp³-hybridized carbons (Fsp3) is 0.333. The second kappa shape index (κ2) is 11.1. The summed E-state index contributed by atoms with van der Waals surface area (Å²) in [7, 11) is 0. The van der Waals surface area contributed by atoms with E-state index in [0.717, 1.165) is 0 Å². The molecule has 0 bridgehead atoms. The van der Waals surface area contributed by atoms with Gasteiger partial charge in [-0.15, -0.1) is 11.8 Å². The van der Waals surface area contributed by atoms with Gasteiger partial charge in [0, 0.05) is 10.1 Å². The van der Waals surface area contributed by atoms with Crippen molar-refractivity contribution < 1.29 is 0 Å². The molecule has 0 nitrogen and oxygen atoms in total. The summed E-state index contributed by atoms with van der Waals surface area (Å²) in [6, 6.07) is 20.9. The van der Waals surface area contributed by atoms with Crippen LogP contribution in [0.2, 0.25) is 0 Å². The summed E-state index contributed by atoms with van der Waals surface area (Å²) >= 11 is 1.96. The normalized spacial score (nSPS) is 16.1. The third kappa shape index (κ3) is 7.00. The Morgan fingerprint density at radius 3 is 1.86 bits per heavy atom. The van der Waals surface area contributed by atoms with Gasteiger partial charge in [0.15, 0.2) is 0 Å². The van der Waals surface area contributed by atoms with E-state index in [0.29, 0.717) is 5.25 Å². The van der Waals surface area contributed by atoms with Crippen molar-refractivity contribution in [3.8, 4) is 0 Å². The van der Waals surface area contributed by atoms with Crippen LogP contribution in [0.25, 0.3) is 0 Å². The van der Waals surface area contributed by atoms with Crippen LogP contribution in [0.4, 0.5) is 0 Å². The highest BCUT2D eigenvalue weighted by atomic mass is 32.2. The van der Waals surface area contributed by atoms with Crippen molar-refractivity contribution in [1.29, 1.82) is 0 Å². The molecule has 0 spiro atoms. The smallest absolute Gasteiger partial charge is 0.0301 e. The van der Waals surface area contributed by atoms with Crippen molar-refractivity contribution >= 4 is 11.8 Å². The van der Waals surface area contributed by atoms with Crippen LogP contribution in [-0.4, -0.2) is 5.25 Å². The molecule has 0 aliphatic heterocycles. The van der Waals surface area contributed by atoms with Gasteiger partial charge in [-0.3, -0.25) is 0 Å². The van der Waals surface area contributed by atoms with Gasteiger partial charge >= 0.3 is 0 Å². The molecule has 2 aromatic carbocycles. The lowest BCUT2D eigenvalue weighted by Crippen LogP contribution is -1.95. The quantitative estimate of drug-likeness (QED) is 0.543. The summed E-state index contributed by atoms with van der Waals surface area (Å²) in [5.41, 5.74) is 2.75. The minimum atomic E-state index is 0.669. The zero-order valence-electron chi connectivity index (χ0n) is 14.1. The van der Waals surface area contributed by atoms with Gasteiger partial charge in [0.05, 0.1) is 0 Å². The summed E-state index contributed by atoms with van der Waals surface area (Å²) in [5.74, 6) is 0. The van der Waals surface area contributed by atoms with Crippen molar-refractivity contribution in [3.05, 3.63) is 78.4 Å². The van der Waals surface area contributed by atoms with Crippen LogP contribution in [-0.2, 0) is 0 Å². The first-order valence-electron chi connectivity index (χ1n) is 8.17. The molecule has 0 amide bonds. The second-order valence-corrected chi connectivity index (χ2v) is 6.40. The van der Waals surface area contributed by atoms with E-state index in [9.17, 15) is 0 Å².